The molecule has 4 aliphatic heterocycles. The number of rotatable bonds is 12. The molecule has 6 heterocycles. The Labute approximate surface area is 360 Å². The highest BCUT2D eigenvalue weighted by Crippen LogP contribution is 2.30. The van der Waals surface area contributed by atoms with Gasteiger partial charge in [-0.05, 0) is 85.6 Å². The number of amides is 2. The van der Waals surface area contributed by atoms with Crippen molar-refractivity contribution in [3.05, 3.63) is 91.2 Å². The van der Waals surface area contributed by atoms with Crippen molar-refractivity contribution in [3.8, 4) is 0 Å². The standard InChI is InChI=1S/2C19H19ClN4O3S.CH4.ClH/c2*20-18-8-7-17(28-18)16(25)6-5-15-11-23(19(26)27-15)13-1-3-14(4-2-13)24-10-9-21-12-22-24;;/h2*1-4,7-8,12,15H,5-6,9-11H2,(H,21,22);1H4;1H/t2*15-;;/m00../s1. The molecule has 2 atom stereocenters. The summed E-state index contributed by atoms with van der Waals surface area (Å²) in [6.07, 6.45) is 3.61. The Bertz CT molecular complexity index is 1950. The largest absolute Gasteiger partial charge is 0.444 e. The van der Waals surface area contributed by atoms with Gasteiger partial charge in [-0.1, -0.05) is 30.6 Å². The van der Waals surface area contributed by atoms with E-state index in [0.29, 0.717) is 57.2 Å². The average Bonchev–Trinajstić information content (AvgIpc) is 4.04. The highest BCUT2D eigenvalue weighted by Gasteiger charge is 2.34. The van der Waals surface area contributed by atoms with Crippen LogP contribution >= 0.6 is 58.3 Å². The molecule has 4 aliphatic rings. The van der Waals surface area contributed by atoms with Crippen LogP contribution in [0.2, 0.25) is 8.67 Å². The van der Waals surface area contributed by atoms with Crippen LogP contribution in [0.4, 0.5) is 32.3 Å². The fourth-order valence-corrected chi connectivity index (χ4v) is 8.37. The van der Waals surface area contributed by atoms with Gasteiger partial charge in [-0.3, -0.25) is 50.2 Å². The van der Waals surface area contributed by atoms with Gasteiger partial charge in [0.15, 0.2) is 11.6 Å². The molecule has 19 heteroatoms. The number of ether oxygens (including phenoxy) is 2. The maximum Gasteiger partial charge on any atom is 0.414 e. The number of benzene rings is 2. The summed E-state index contributed by atoms with van der Waals surface area (Å²) in [4.78, 5) is 61.7. The van der Waals surface area contributed by atoms with Crippen molar-refractivity contribution in [2.45, 2.75) is 45.3 Å². The van der Waals surface area contributed by atoms with Crippen LogP contribution in [0.3, 0.4) is 0 Å². The lowest BCUT2D eigenvalue weighted by Crippen LogP contribution is -2.42. The fraction of sp³-hybridized carbons (Fsp3) is 0.333. The van der Waals surface area contributed by atoms with Crippen LogP contribution in [0, 0.1) is 0 Å². The molecule has 58 heavy (non-hydrogen) atoms. The van der Waals surface area contributed by atoms with E-state index in [0.717, 1.165) is 48.9 Å². The second-order valence-electron chi connectivity index (χ2n) is 13.0. The van der Waals surface area contributed by atoms with Crippen LogP contribution in [0.25, 0.3) is 0 Å². The first-order valence-electron chi connectivity index (χ1n) is 18.0. The molecule has 14 nitrogen and oxygen atoms in total. The summed E-state index contributed by atoms with van der Waals surface area (Å²) in [5.41, 5.74) is 9.71. The van der Waals surface area contributed by atoms with Gasteiger partial charge in [-0.2, -0.15) is 0 Å². The Morgan fingerprint density at radius 1 is 0.638 bits per heavy atom. The zero-order chi connectivity index (χ0) is 39.0. The molecular formula is C39H43Cl3N8O6S2. The molecule has 0 unspecified atom stereocenters. The smallest absolute Gasteiger partial charge is 0.414 e. The summed E-state index contributed by atoms with van der Waals surface area (Å²) < 4.78 is 12.1. The van der Waals surface area contributed by atoms with Crippen molar-refractivity contribution >= 4 is 117 Å². The number of carbonyl (C=O) groups is 4. The van der Waals surface area contributed by atoms with Gasteiger partial charge in [0.25, 0.3) is 0 Å². The van der Waals surface area contributed by atoms with Crippen LogP contribution in [0.1, 0.15) is 52.5 Å². The number of hydrazine groups is 2. The van der Waals surface area contributed by atoms with Crippen LogP contribution in [-0.4, -0.2) is 87.9 Å². The highest BCUT2D eigenvalue weighted by atomic mass is 35.5. The van der Waals surface area contributed by atoms with E-state index in [-0.39, 0.29) is 55.8 Å². The number of nitrogens with one attached hydrogen (secondary N) is 2. The normalized spacial score (nSPS) is 18.2. The molecule has 308 valence electrons. The summed E-state index contributed by atoms with van der Waals surface area (Å²) in [7, 11) is 0. The topological polar surface area (TPSA) is 148 Å². The van der Waals surface area contributed by atoms with Gasteiger partial charge in [-0.25, -0.2) is 9.59 Å². The summed E-state index contributed by atoms with van der Waals surface area (Å²) in [6.45, 7) is 3.92. The number of carbonyl (C=O) groups excluding carboxylic acids is 4. The number of hydrogen-bond acceptors (Lipinski definition) is 14. The first-order chi connectivity index (χ1) is 27.2. The number of ketones is 2. The number of thiophene rings is 2. The van der Waals surface area contributed by atoms with Crippen molar-refractivity contribution in [3.63, 3.8) is 0 Å². The lowest BCUT2D eigenvalue weighted by atomic mass is 10.1. The third-order valence-corrected chi connectivity index (χ3v) is 11.8. The number of Topliss-reactive ketones (excluding diaryl/α,β-unsaturated/α-hetero) is 2. The number of cyclic esters (lactones) is 2. The molecule has 2 aromatic carbocycles. The Morgan fingerprint density at radius 3 is 1.34 bits per heavy atom. The van der Waals surface area contributed by atoms with E-state index in [9.17, 15) is 19.2 Å². The number of aliphatic imine (C=N–C) groups is 2. The number of nitrogens with zero attached hydrogens (tertiary/aromatic N) is 6. The molecule has 0 radical (unpaired) electrons. The van der Waals surface area contributed by atoms with Gasteiger partial charge in [0.2, 0.25) is 0 Å². The molecule has 0 aliphatic carbocycles. The predicted octanol–water partition coefficient (Wildman–Crippen LogP) is 8.54. The maximum atomic E-state index is 12.3. The van der Waals surface area contributed by atoms with Gasteiger partial charge in [0.1, 0.15) is 24.9 Å². The van der Waals surface area contributed by atoms with Gasteiger partial charge in [0, 0.05) is 24.2 Å². The van der Waals surface area contributed by atoms with Crippen LogP contribution in [-0.2, 0) is 9.47 Å². The second kappa shape index (κ2) is 20.7. The summed E-state index contributed by atoms with van der Waals surface area (Å²) >= 11 is 14.3. The summed E-state index contributed by atoms with van der Waals surface area (Å²) in [6, 6.07) is 22.3. The Balaban J connectivity index is 0.000000214. The molecule has 0 saturated carbocycles. The SMILES string of the molecule is C.Cl.O=C(CC[C@H]1CN(c2ccc(N3CCN=CN3)cc2)C(=O)O1)c1ccc(Cl)s1.O=C(CC[C@H]1CN(c2ccc(N3CCN=CN3)cc2)C(=O)O1)c1ccc(Cl)s1. The summed E-state index contributed by atoms with van der Waals surface area (Å²) in [5, 5.41) is 3.98. The van der Waals surface area contributed by atoms with E-state index in [1.54, 1.807) is 46.7 Å². The average molecular weight is 890 g/mol. The van der Waals surface area contributed by atoms with E-state index in [2.05, 4.69) is 20.8 Å². The van der Waals surface area contributed by atoms with Crippen molar-refractivity contribution in [2.75, 3.05) is 59.1 Å². The van der Waals surface area contributed by atoms with E-state index in [4.69, 9.17) is 32.7 Å². The number of halogens is 3. The van der Waals surface area contributed by atoms with Crippen molar-refractivity contribution in [2.24, 2.45) is 9.98 Å². The number of hydrogen-bond donors (Lipinski definition) is 2. The van der Waals surface area contributed by atoms with Crippen LogP contribution in [0.15, 0.2) is 82.8 Å². The Kier molecular flexibility index (Phi) is 15.8. The van der Waals surface area contributed by atoms with E-state index in [1.165, 1.54) is 22.7 Å². The molecule has 4 aromatic rings. The van der Waals surface area contributed by atoms with Crippen LogP contribution in [0.5, 0.6) is 0 Å². The molecule has 2 N–H and O–H groups in total. The predicted molar refractivity (Wildman–Crippen MR) is 236 cm³/mol. The highest BCUT2D eigenvalue weighted by molar-refractivity contribution is 7.18. The maximum absolute atomic E-state index is 12.3. The van der Waals surface area contributed by atoms with Gasteiger partial charge in [-0.15, -0.1) is 35.1 Å². The third-order valence-electron chi connectivity index (χ3n) is 9.29. The van der Waals surface area contributed by atoms with E-state index >= 15 is 0 Å². The monoisotopic (exact) mass is 888 g/mol. The lowest BCUT2D eigenvalue weighted by molar-refractivity contribution is 0.0939. The zero-order valence-corrected chi connectivity index (χ0v) is 34.4. The molecule has 0 spiro atoms. The van der Waals surface area contributed by atoms with Crippen molar-refractivity contribution in [1.29, 1.82) is 0 Å². The minimum atomic E-state index is -0.382. The molecule has 2 amide bonds. The quantitative estimate of drug-likeness (QED) is 0.133. The molecule has 2 fully saturated rings. The first kappa shape index (κ1) is 44.2. The molecule has 0 bridgehead atoms. The zero-order valence-electron chi connectivity index (χ0n) is 30.4. The molecule has 8 rings (SSSR count). The number of anilines is 4. The second-order valence-corrected chi connectivity index (χ2v) is 16.5. The van der Waals surface area contributed by atoms with Crippen molar-refractivity contribution in [1.82, 2.24) is 10.9 Å². The fourth-order valence-electron chi connectivity index (χ4n) is 6.35. The first-order valence-corrected chi connectivity index (χ1v) is 20.4. The molecule has 2 aromatic heterocycles. The molecular weight excluding hydrogens is 847 g/mol. The van der Waals surface area contributed by atoms with Gasteiger partial charge in [0.05, 0.1) is 69.1 Å². The van der Waals surface area contributed by atoms with Gasteiger partial charge >= 0.3 is 12.2 Å². The van der Waals surface area contributed by atoms with E-state index in [1.807, 2.05) is 58.5 Å². The minimum absolute atomic E-state index is 0. The Morgan fingerprint density at radius 2 is 1.02 bits per heavy atom. The lowest BCUT2D eigenvalue weighted by Gasteiger charge is -2.26. The minimum Gasteiger partial charge on any atom is -0.444 e. The van der Waals surface area contributed by atoms with Crippen LogP contribution < -0.4 is 30.7 Å². The molecule has 2 saturated heterocycles. The van der Waals surface area contributed by atoms with Crippen molar-refractivity contribution < 1.29 is 28.7 Å². The third kappa shape index (κ3) is 11.2. The van der Waals surface area contributed by atoms with E-state index < -0.39 is 0 Å². The van der Waals surface area contributed by atoms with Gasteiger partial charge < -0.3 is 9.47 Å². The Hall–Kier alpha value is -4.87. The summed E-state index contributed by atoms with van der Waals surface area (Å²) in [5.74, 6) is 0.0432.